The first-order valence-electron chi connectivity index (χ1n) is 11.1. The zero-order valence-electron chi connectivity index (χ0n) is 18.7. The molecule has 1 aliphatic rings. The van der Waals surface area contributed by atoms with Crippen molar-refractivity contribution in [3.05, 3.63) is 63.7 Å². The van der Waals surface area contributed by atoms with Crippen LogP contribution < -0.4 is 10.1 Å². The lowest BCUT2D eigenvalue weighted by Gasteiger charge is -2.27. The third kappa shape index (κ3) is 6.53. The summed E-state index contributed by atoms with van der Waals surface area (Å²) in [6, 6.07) is 6.56. The van der Waals surface area contributed by atoms with Gasteiger partial charge in [0.15, 0.2) is 17.3 Å². The van der Waals surface area contributed by atoms with Gasteiger partial charge in [0.1, 0.15) is 5.82 Å². The van der Waals surface area contributed by atoms with E-state index in [2.05, 4.69) is 5.32 Å². The van der Waals surface area contributed by atoms with Crippen LogP contribution in [-0.2, 0) is 4.79 Å². The lowest BCUT2D eigenvalue weighted by atomic mass is 9.87. The minimum absolute atomic E-state index is 0.0737. The Balaban J connectivity index is 1.50. The van der Waals surface area contributed by atoms with Crippen LogP contribution in [0.4, 0.5) is 8.78 Å². The maximum Gasteiger partial charge on any atom is 0.306 e. The third-order valence-corrected chi connectivity index (χ3v) is 6.35. The summed E-state index contributed by atoms with van der Waals surface area (Å²) in [7, 11) is 0. The van der Waals surface area contributed by atoms with E-state index in [9.17, 15) is 23.2 Å². The van der Waals surface area contributed by atoms with Gasteiger partial charge in [0, 0.05) is 29.6 Å². The van der Waals surface area contributed by atoms with Crippen LogP contribution in [0.1, 0.15) is 64.8 Å². The predicted molar refractivity (Wildman–Crippen MR) is 122 cm³/mol. The number of carboxylic acid groups (broad SMARTS) is 1. The van der Waals surface area contributed by atoms with E-state index in [1.165, 1.54) is 0 Å². The third-order valence-electron chi connectivity index (χ3n) is 5.93. The highest BCUT2D eigenvalue weighted by Gasteiger charge is 2.28. The summed E-state index contributed by atoms with van der Waals surface area (Å²) in [5.41, 5.74) is 0.829. The molecule has 2 N–H and O–H groups in total. The number of carboxylic acids is 1. The summed E-state index contributed by atoms with van der Waals surface area (Å²) in [4.78, 5) is 35.6. The zero-order valence-corrected chi connectivity index (χ0v) is 19.5. The molecule has 0 heterocycles. The maximum atomic E-state index is 14.5. The molecule has 1 aliphatic carbocycles. The van der Waals surface area contributed by atoms with Crippen molar-refractivity contribution in [3.63, 3.8) is 0 Å². The number of benzene rings is 2. The van der Waals surface area contributed by atoms with Crippen LogP contribution >= 0.6 is 11.6 Å². The number of ketones is 1. The van der Waals surface area contributed by atoms with Gasteiger partial charge in [0.2, 0.25) is 0 Å². The molecular weight excluding hydrogens is 468 g/mol. The summed E-state index contributed by atoms with van der Waals surface area (Å²) in [6.07, 6.45) is 1.46. The molecule has 34 heavy (non-hydrogen) atoms. The van der Waals surface area contributed by atoms with Gasteiger partial charge in [-0.2, -0.15) is 0 Å². The van der Waals surface area contributed by atoms with E-state index in [1.54, 1.807) is 25.1 Å². The number of hydrogen-bond donors (Lipinski definition) is 2. The van der Waals surface area contributed by atoms with Crippen molar-refractivity contribution in [2.24, 2.45) is 5.92 Å². The molecule has 2 aromatic rings. The Kier molecular flexibility index (Phi) is 8.61. The number of carbonyl (C=O) groups is 3. The second-order valence-electron chi connectivity index (χ2n) is 8.44. The summed E-state index contributed by atoms with van der Waals surface area (Å²) in [5, 5.41) is 12.3. The van der Waals surface area contributed by atoms with E-state index >= 15 is 0 Å². The first kappa shape index (κ1) is 25.6. The van der Waals surface area contributed by atoms with Crippen molar-refractivity contribution in [1.29, 1.82) is 0 Å². The van der Waals surface area contributed by atoms with E-state index in [0.717, 1.165) is 17.7 Å². The van der Waals surface area contributed by atoms with Gasteiger partial charge in [-0.1, -0.05) is 11.6 Å². The largest absolute Gasteiger partial charge is 0.487 e. The molecule has 0 spiro atoms. The van der Waals surface area contributed by atoms with Gasteiger partial charge in [-0.3, -0.25) is 14.4 Å². The lowest BCUT2D eigenvalue weighted by Crippen LogP contribution is -2.28. The molecule has 1 saturated carbocycles. The molecular formula is C25H26ClF2NO5. The van der Waals surface area contributed by atoms with Crippen molar-refractivity contribution in [1.82, 2.24) is 5.32 Å². The van der Waals surface area contributed by atoms with E-state index in [0.29, 0.717) is 36.3 Å². The average molecular weight is 494 g/mol. The normalized spacial score (nSPS) is 17.8. The fraction of sp³-hybridized carbons (Fsp3) is 0.400. The Morgan fingerprint density at radius 2 is 1.79 bits per heavy atom. The van der Waals surface area contributed by atoms with Gasteiger partial charge in [-0.15, -0.1) is 0 Å². The molecule has 6 nitrogen and oxygen atoms in total. The zero-order chi connectivity index (χ0) is 24.8. The van der Waals surface area contributed by atoms with Crippen LogP contribution in [-0.4, -0.2) is 35.4 Å². The van der Waals surface area contributed by atoms with Gasteiger partial charge in [-0.05, 0) is 68.9 Å². The first-order chi connectivity index (χ1) is 16.2. The van der Waals surface area contributed by atoms with Crippen LogP contribution in [0.2, 0.25) is 5.02 Å². The Morgan fingerprint density at radius 1 is 1.09 bits per heavy atom. The van der Waals surface area contributed by atoms with Crippen molar-refractivity contribution in [2.45, 2.75) is 51.6 Å². The average Bonchev–Trinajstić information content (AvgIpc) is 2.80. The fourth-order valence-electron chi connectivity index (χ4n) is 3.91. The number of halogens is 3. The molecule has 0 aromatic heterocycles. The van der Waals surface area contributed by atoms with Crippen LogP contribution in [0.25, 0.3) is 0 Å². The minimum Gasteiger partial charge on any atom is -0.487 e. The standard InChI is InChI=1S/C25H26ClF2NO5/c1-14-11-16(6-9-19(14)26)24(31)29-10-2-3-22(30)18-12-21(28)23(13-20(18)27)34-17-7-4-15(5-8-17)25(32)33/h6,9,11-13,15,17H,2-5,7-8,10H2,1H3,(H,29,31)(H,32,33). The number of aliphatic carboxylic acids is 1. The first-order valence-corrected chi connectivity index (χ1v) is 11.5. The maximum absolute atomic E-state index is 14.5. The van der Waals surface area contributed by atoms with Crippen molar-refractivity contribution < 1.29 is 33.0 Å². The predicted octanol–water partition coefficient (Wildman–Crippen LogP) is 5.34. The van der Waals surface area contributed by atoms with Crippen LogP contribution in [0.15, 0.2) is 30.3 Å². The number of rotatable bonds is 9. The Morgan fingerprint density at radius 3 is 2.44 bits per heavy atom. The number of carbonyl (C=O) groups excluding carboxylic acids is 2. The highest BCUT2D eigenvalue weighted by Crippen LogP contribution is 2.30. The number of ether oxygens (including phenoxy) is 1. The Hall–Kier alpha value is -3.00. The fourth-order valence-corrected chi connectivity index (χ4v) is 4.03. The van der Waals surface area contributed by atoms with Gasteiger partial charge in [0.25, 0.3) is 5.91 Å². The van der Waals surface area contributed by atoms with E-state index < -0.39 is 35.4 Å². The minimum atomic E-state index is -0.888. The number of amides is 1. The Labute approximate surface area is 201 Å². The molecule has 0 unspecified atom stereocenters. The van der Waals surface area contributed by atoms with Gasteiger partial charge in [-0.25, -0.2) is 8.78 Å². The monoisotopic (exact) mass is 493 g/mol. The van der Waals surface area contributed by atoms with Crippen molar-refractivity contribution in [2.75, 3.05) is 6.54 Å². The quantitative estimate of drug-likeness (QED) is 0.363. The molecule has 2 aromatic carbocycles. The molecule has 0 bridgehead atoms. The lowest BCUT2D eigenvalue weighted by molar-refractivity contribution is -0.143. The number of Topliss-reactive ketones (excluding diaryl/α,β-unsaturated/α-hetero) is 1. The molecule has 9 heteroatoms. The topological polar surface area (TPSA) is 92.7 Å². The SMILES string of the molecule is Cc1cc(C(=O)NCCCC(=O)c2cc(F)c(OC3CCC(C(=O)O)CC3)cc2F)ccc1Cl. The van der Waals surface area contributed by atoms with E-state index in [-0.39, 0.29) is 36.6 Å². The molecule has 0 saturated heterocycles. The summed E-state index contributed by atoms with van der Waals surface area (Å²) < 4.78 is 34.5. The number of aryl methyl sites for hydroxylation is 1. The van der Waals surface area contributed by atoms with Crippen molar-refractivity contribution >= 4 is 29.3 Å². The van der Waals surface area contributed by atoms with Gasteiger partial charge in [0.05, 0.1) is 17.6 Å². The highest BCUT2D eigenvalue weighted by atomic mass is 35.5. The molecule has 3 rings (SSSR count). The second-order valence-corrected chi connectivity index (χ2v) is 8.85. The molecule has 0 aliphatic heterocycles. The molecule has 0 radical (unpaired) electrons. The van der Waals surface area contributed by atoms with Crippen LogP contribution in [0.3, 0.4) is 0 Å². The van der Waals surface area contributed by atoms with Gasteiger partial charge >= 0.3 is 5.97 Å². The van der Waals surface area contributed by atoms with E-state index in [1.807, 2.05) is 0 Å². The molecule has 182 valence electrons. The number of nitrogens with one attached hydrogen (secondary N) is 1. The molecule has 0 atom stereocenters. The molecule has 1 amide bonds. The summed E-state index contributed by atoms with van der Waals surface area (Å²) in [6.45, 7) is 1.97. The smallest absolute Gasteiger partial charge is 0.306 e. The van der Waals surface area contributed by atoms with E-state index in [4.69, 9.17) is 21.4 Å². The van der Waals surface area contributed by atoms with Crippen LogP contribution in [0.5, 0.6) is 5.75 Å². The van der Waals surface area contributed by atoms with Crippen LogP contribution in [0, 0.1) is 24.5 Å². The Bertz CT molecular complexity index is 1080. The summed E-state index contributed by atoms with van der Waals surface area (Å²) >= 11 is 5.95. The number of hydrogen-bond acceptors (Lipinski definition) is 4. The van der Waals surface area contributed by atoms with Crippen molar-refractivity contribution in [3.8, 4) is 5.75 Å². The molecule has 1 fully saturated rings. The highest BCUT2D eigenvalue weighted by molar-refractivity contribution is 6.31. The van der Waals surface area contributed by atoms with Gasteiger partial charge < -0.3 is 15.2 Å². The summed E-state index contributed by atoms with van der Waals surface area (Å²) in [5.74, 6) is -4.24. The second kappa shape index (κ2) is 11.4.